The summed E-state index contributed by atoms with van der Waals surface area (Å²) in [6, 6.07) is 1.47. The quantitative estimate of drug-likeness (QED) is 0.449. The number of hydrogen-bond donors (Lipinski definition) is 0. The molecule has 0 saturated heterocycles. The largest absolute Gasteiger partial charge is 0.0851 e. The van der Waals surface area contributed by atoms with Crippen LogP contribution < -0.4 is 0 Å². The van der Waals surface area contributed by atoms with E-state index < -0.39 is 8.07 Å². The van der Waals surface area contributed by atoms with Crippen molar-refractivity contribution in [2.75, 3.05) is 0 Å². The Bertz CT molecular complexity index is 205. The van der Waals surface area contributed by atoms with Crippen molar-refractivity contribution >= 4 is 8.07 Å². The Morgan fingerprint density at radius 2 is 2.00 bits per heavy atom. The molecule has 2 rings (SSSR count). The van der Waals surface area contributed by atoms with Crippen LogP contribution in [0.25, 0.3) is 0 Å². The average Bonchev–Trinajstić information content (AvgIpc) is 2.64. The van der Waals surface area contributed by atoms with Gasteiger partial charge in [-0.15, -0.1) is 0 Å². The lowest BCUT2D eigenvalue weighted by Gasteiger charge is -2.33. The van der Waals surface area contributed by atoms with E-state index >= 15 is 0 Å². The van der Waals surface area contributed by atoms with Gasteiger partial charge in [0.2, 0.25) is 0 Å². The summed E-state index contributed by atoms with van der Waals surface area (Å²) in [5.41, 5.74) is 1.11. The van der Waals surface area contributed by atoms with E-state index in [0.717, 1.165) is 17.4 Å². The molecule has 3 atom stereocenters. The van der Waals surface area contributed by atoms with Crippen LogP contribution in [-0.2, 0) is 0 Å². The maximum Gasteiger partial charge on any atom is 0.0508 e. The maximum absolute atomic E-state index is 2.58. The Labute approximate surface area is 77.1 Å². The fourth-order valence-electron chi connectivity index (χ4n) is 2.94. The zero-order chi connectivity index (χ0) is 8.77. The summed E-state index contributed by atoms with van der Waals surface area (Å²) in [7, 11) is -0.849. The molecule has 0 amide bonds. The van der Waals surface area contributed by atoms with E-state index in [1.54, 1.807) is 0 Å². The Morgan fingerprint density at radius 1 is 1.25 bits per heavy atom. The Morgan fingerprint density at radius 3 is 2.42 bits per heavy atom. The third kappa shape index (κ3) is 1.19. The van der Waals surface area contributed by atoms with Crippen molar-refractivity contribution in [1.29, 1.82) is 0 Å². The molecule has 2 bridgehead atoms. The normalized spacial score (nSPS) is 39.4. The lowest BCUT2D eigenvalue weighted by Crippen LogP contribution is -2.33. The van der Waals surface area contributed by atoms with E-state index in [0.29, 0.717) is 0 Å². The van der Waals surface area contributed by atoms with Crippen LogP contribution in [0, 0.1) is 11.8 Å². The molecule has 0 N–H and O–H groups in total. The van der Waals surface area contributed by atoms with E-state index in [2.05, 4.69) is 32.2 Å². The molecule has 1 heteroatoms. The minimum absolute atomic E-state index is 0.849. The highest BCUT2D eigenvalue weighted by atomic mass is 28.3. The Kier molecular flexibility index (Phi) is 1.94. The van der Waals surface area contributed by atoms with Gasteiger partial charge < -0.3 is 0 Å². The van der Waals surface area contributed by atoms with Crippen LogP contribution in [0.2, 0.25) is 24.7 Å². The van der Waals surface area contributed by atoms with Gasteiger partial charge in [0.1, 0.15) is 0 Å². The van der Waals surface area contributed by atoms with Gasteiger partial charge in [0.15, 0.2) is 0 Å². The summed E-state index contributed by atoms with van der Waals surface area (Å²) in [5.74, 6) is 1.95. The van der Waals surface area contributed by atoms with Crippen LogP contribution in [0.15, 0.2) is 12.2 Å². The second-order valence-electron chi connectivity index (χ2n) is 5.23. The molecule has 0 heterocycles. The molecule has 0 aromatic heterocycles. The summed E-state index contributed by atoms with van der Waals surface area (Å²) >= 11 is 0. The number of allylic oxidation sites excluding steroid dienone is 2. The van der Waals surface area contributed by atoms with Gasteiger partial charge in [0.05, 0.1) is 8.07 Å². The minimum Gasteiger partial charge on any atom is -0.0851 e. The van der Waals surface area contributed by atoms with Gasteiger partial charge in [-0.05, 0) is 30.2 Å². The maximum atomic E-state index is 2.58. The van der Waals surface area contributed by atoms with E-state index in [9.17, 15) is 0 Å². The van der Waals surface area contributed by atoms with Gasteiger partial charge in [0, 0.05) is 0 Å². The fourth-order valence-corrected chi connectivity index (χ4v) is 5.81. The van der Waals surface area contributed by atoms with Crippen LogP contribution in [0.1, 0.15) is 19.8 Å². The molecule has 0 radical (unpaired) electrons. The monoisotopic (exact) mass is 180 g/mol. The molecular formula is C11H20Si. The van der Waals surface area contributed by atoms with Crippen molar-refractivity contribution in [3.05, 3.63) is 12.2 Å². The molecule has 12 heavy (non-hydrogen) atoms. The zero-order valence-electron chi connectivity index (χ0n) is 8.51. The standard InChI is InChI=1S/C11H20Si/c1-4-12(2,3)11-8-9-5-6-10(11)7-9/h5-6,9-11H,4,7-8H2,1-3H3. The van der Waals surface area contributed by atoms with E-state index in [4.69, 9.17) is 0 Å². The first kappa shape index (κ1) is 8.55. The smallest absolute Gasteiger partial charge is 0.0508 e. The molecule has 0 spiro atoms. The molecular weight excluding hydrogens is 160 g/mol. The second-order valence-corrected chi connectivity index (χ2v) is 10.7. The first-order valence-electron chi connectivity index (χ1n) is 5.32. The van der Waals surface area contributed by atoms with Gasteiger partial charge in [-0.2, -0.15) is 0 Å². The van der Waals surface area contributed by atoms with Gasteiger partial charge in [-0.3, -0.25) is 0 Å². The van der Waals surface area contributed by atoms with Crippen LogP contribution >= 0.6 is 0 Å². The molecule has 1 fully saturated rings. The predicted octanol–water partition coefficient (Wildman–Crippen LogP) is 3.68. The van der Waals surface area contributed by atoms with Crippen LogP contribution in [-0.4, -0.2) is 8.07 Å². The number of rotatable bonds is 2. The molecule has 2 aliphatic carbocycles. The molecule has 1 saturated carbocycles. The molecule has 68 valence electrons. The number of fused-ring (bicyclic) bond motifs is 2. The summed E-state index contributed by atoms with van der Waals surface area (Å²) in [6.07, 6.45) is 7.97. The van der Waals surface area contributed by atoms with Crippen molar-refractivity contribution in [3.63, 3.8) is 0 Å². The molecule has 0 nitrogen and oxygen atoms in total. The van der Waals surface area contributed by atoms with Gasteiger partial charge in [0.25, 0.3) is 0 Å². The molecule has 2 aliphatic rings. The van der Waals surface area contributed by atoms with Crippen LogP contribution in [0.4, 0.5) is 0 Å². The van der Waals surface area contributed by atoms with Crippen molar-refractivity contribution < 1.29 is 0 Å². The van der Waals surface area contributed by atoms with E-state index in [1.165, 1.54) is 18.9 Å². The molecule has 0 aromatic carbocycles. The summed E-state index contributed by atoms with van der Waals surface area (Å²) in [5, 5.41) is 0. The van der Waals surface area contributed by atoms with Crippen molar-refractivity contribution in [2.45, 2.75) is 44.4 Å². The van der Waals surface area contributed by atoms with Gasteiger partial charge >= 0.3 is 0 Å². The SMILES string of the molecule is CC[Si](C)(C)C1CC2C=CC1C2. The minimum atomic E-state index is -0.849. The molecule has 0 aliphatic heterocycles. The third-order valence-corrected chi connectivity index (χ3v) is 8.69. The Hall–Kier alpha value is -0.0431. The fraction of sp³-hybridized carbons (Fsp3) is 0.818. The molecule has 3 unspecified atom stereocenters. The summed E-state index contributed by atoms with van der Waals surface area (Å²) in [6.45, 7) is 7.54. The third-order valence-electron chi connectivity index (χ3n) is 4.19. The molecule has 0 aromatic rings. The highest BCUT2D eigenvalue weighted by Gasteiger charge is 2.43. The summed E-state index contributed by atoms with van der Waals surface area (Å²) in [4.78, 5) is 0. The second kappa shape index (κ2) is 2.73. The highest BCUT2D eigenvalue weighted by molar-refractivity contribution is 6.78. The Balaban J connectivity index is 2.12. The lowest BCUT2D eigenvalue weighted by molar-refractivity contribution is 0.670. The van der Waals surface area contributed by atoms with Gasteiger partial charge in [-0.25, -0.2) is 0 Å². The topological polar surface area (TPSA) is 0 Å². The lowest BCUT2D eigenvalue weighted by atomic mass is 10.1. The summed E-state index contributed by atoms with van der Waals surface area (Å²) < 4.78 is 0. The van der Waals surface area contributed by atoms with Crippen molar-refractivity contribution in [3.8, 4) is 0 Å². The van der Waals surface area contributed by atoms with Crippen LogP contribution in [0.5, 0.6) is 0 Å². The number of hydrogen-bond acceptors (Lipinski definition) is 0. The van der Waals surface area contributed by atoms with Gasteiger partial charge in [-0.1, -0.05) is 38.2 Å². The first-order valence-corrected chi connectivity index (χ1v) is 8.60. The highest BCUT2D eigenvalue weighted by Crippen LogP contribution is 2.52. The van der Waals surface area contributed by atoms with E-state index in [1.807, 2.05) is 0 Å². The van der Waals surface area contributed by atoms with Crippen molar-refractivity contribution in [2.24, 2.45) is 11.8 Å². The first-order chi connectivity index (χ1) is 5.63. The zero-order valence-corrected chi connectivity index (χ0v) is 9.51. The predicted molar refractivity (Wildman–Crippen MR) is 57.1 cm³/mol. The van der Waals surface area contributed by atoms with Crippen molar-refractivity contribution in [1.82, 2.24) is 0 Å². The van der Waals surface area contributed by atoms with Crippen LogP contribution in [0.3, 0.4) is 0 Å². The van der Waals surface area contributed by atoms with E-state index in [-0.39, 0.29) is 0 Å². The average molecular weight is 180 g/mol.